The van der Waals surface area contributed by atoms with E-state index < -0.39 is 0 Å². The molecule has 0 saturated carbocycles. The Bertz CT molecular complexity index is 505. The fraction of sp³-hybridized carbons (Fsp3) is 0.231. The van der Waals surface area contributed by atoms with Crippen LogP contribution in [0.3, 0.4) is 0 Å². The van der Waals surface area contributed by atoms with E-state index in [9.17, 15) is 4.91 Å². The Morgan fingerprint density at radius 3 is 2.84 bits per heavy atom. The molecule has 5 nitrogen and oxygen atoms in total. The molecule has 1 N–H and O–H groups in total. The molecule has 0 unspecified atom stereocenters. The summed E-state index contributed by atoms with van der Waals surface area (Å²) in [5, 5.41) is 6.21. The number of hydrogen-bond donors (Lipinski definition) is 1. The lowest BCUT2D eigenvalue weighted by Crippen LogP contribution is -2.09. The van der Waals surface area contributed by atoms with E-state index in [2.05, 4.69) is 33.8 Å². The van der Waals surface area contributed by atoms with Crippen LogP contribution in [0.25, 0.3) is 0 Å². The van der Waals surface area contributed by atoms with Crippen LogP contribution in [0.4, 0.5) is 0 Å². The fourth-order valence-corrected chi connectivity index (χ4v) is 1.81. The Labute approximate surface area is 117 Å². The summed E-state index contributed by atoms with van der Waals surface area (Å²) in [5.74, 6) is -0.261. The van der Waals surface area contributed by atoms with E-state index in [-0.39, 0.29) is 5.96 Å². The summed E-state index contributed by atoms with van der Waals surface area (Å²) < 4.78 is 0. The van der Waals surface area contributed by atoms with Gasteiger partial charge in [-0.15, -0.1) is 4.91 Å². The number of hydrogen-bond acceptors (Lipinski definition) is 3. The lowest BCUT2D eigenvalue weighted by Gasteiger charge is -2.04. The Hall–Kier alpha value is -1.85. The maximum absolute atomic E-state index is 10.4. The number of nitrogens with one attached hydrogen (secondary N) is 1. The van der Waals surface area contributed by atoms with Crippen molar-refractivity contribution in [1.82, 2.24) is 5.32 Å². The Balaban J connectivity index is 2.97. The minimum absolute atomic E-state index is 0.261. The SMILES string of the molecule is C=N/C(N=O)=N\C(=C)C1=CCC(CNC)=CC=C1Cl. The minimum atomic E-state index is -0.261. The summed E-state index contributed by atoms with van der Waals surface area (Å²) in [5.41, 5.74) is 2.18. The van der Waals surface area contributed by atoms with Gasteiger partial charge < -0.3 is 5.32 Å². The molecule has 0 heterocycles. The number of allylic oxidation sites excluding steroid dienone is 4. The first-order valence-electron chi connectivity index (χ1n) is 5.60. The van der Waals surface area contributed by atoms with Gasteiger partial charge in [0.05, 0.1) is 5.70 Å². The molecule has 1 rings (SSSR count). The third-order valence-electron chi connectivity index (χ3n) is 2.46. The van der Waals surface area contributed by atoms with Crippen molar-refractivity contribution in [3.8, 4) is 0 Å². The zero-order chi connectivity index (χ0) is 14.3. The van der Waals surface area contributed by atoms with Crippen LogP contribution in [0, 0.1) is 4.91 Å². The van der Waals surface area contributed by atoms with Crippen molar-refractivity contribution in [1.29, 1.82) is 0 Å². The zero-order valence-electron chi connectivity index (χ0n) is 10.7. The highest BCUT2D eigenvalue weighted by Crippen LogP contribution is 2.27. The van der Waals surface area contributed by atoms with Gasteiger partial charge in [0, 0.05) is 22.3 Å². The average molecular weight is 279 g/mol. The van der Waals surface area contributed by atoms with Gasteiger partial charge in [-0.25, -0.2) is 9.98 Å². The van der Waals surface area contributed by atoms with E-state index in [0.29, 0.717) is 16.3 Å². The number of rotatable bonds is 4. The van der Waals surface area contributed by atoms with Crippen LogP contribution >= 0.6 is 11.6 Å². The van der Waals surface area contributed by atoms with Gasteiger partial charge in [0.2, 0.25) is 0 Å². The molecule has 6 heteroatoms. The molecular formula is C13H15ClN4O. The number of nitrogens with zero attached hydrogens (tertiary/aromatic N) is 3. The smallest absolute Gasteiger partial charge is 0.290 e. The summed E-state index contributed by atoms with van der Waals surface area (Å²) >= 11 is 6.16. The molecule has 0 amide bonds. The number of aliphatic imine (C=N–C) groups is 2. The molecule has 0 aliphatic heterocycles. The van der Waals surface area contributed by atoms with E-state index >= 15 is 0 Å². The first-order valence-corrected chi connectivity index (χ1v) is 5.98. The van der Waals surface area contributed by atoms with Crippen molar-refractivity contribution in [3.63, 3.8) is 0 Å². The molecule has 0 radical (unpaired) electrons. The van der Waals surface area contributed by atoms with Crippen LogP contribution in [0.5, 0.6) is 0 Å². The normalized spacial score (nSPS) is 15.9. The van der Waals surface area contributed by atoms with E-state index in [1.807, 2.05) is 19.2 Å². The van der Waals surface area contributed by atoms with Crippen LogP contribution in [0.15, 0.2) is 61.8 Å². The predicted octanol–water partition coefficient (Wildman–Crippen LogP) is 2.92. The third-order valence-corrected chi connectivity index (χ3v) is 2.79. The summed E-state index contributed by atoms with van der Waals surface area (Å²) in [6.07, 6.45) is 6.36. The number of halogens is 1. The molecule has 0 spiro atoms. The molecule has 0 aromatic heterocycles. The quantitative estimate of drug-likeness (QED) is 0.488. The molecule has 100 valence electrons. The molecule has 0 aromatic carbocycles. The van der Waals surface area contributed by atoms with Gasteiger partial charge in [-0.2, -0.15) is 0 Å². The monoisotopic (exact) mass is 278 g/mol. The third kappa shape index (κ3) is 4.39. The lowest BCUT2D eigenvalue weighted by atomic mass is 10.1. The molecule has 19 heavy (non-hydrogen) atoms. The van der Waals surface area contributed by atoms with Crippen molar-refractivity contribution < 1.29 is 0 Å². The second-order valence-electron chi connectivity index (χ2n) is 3.80. The van der Waals surface area contributed by atoms with Crippen molar-refractivity contribution in [2.24, 2.45) is 15.2 Å². The van der Waals surface area contributed by atoms with Crippen molar-refractivity contribution in [2.75, 3.05) is 13.6 Å². The van der Waals surface area contributed by atoms with Gasteiger partial charge in [-0.1, -0.05) is 35.9 Å². The highest BCUT2D eigenvalue weighted by molar-refractivity contribution is 6.32. The Morgan fingerprint density at radius 2 is 2.26 bits per heavy atom. The zero-order valence-corrected chi connectivity index (χ0v) is 11.4. The maximum Gasteiger partial charge on any atom is 0.290 e. The molecule has 0 fully saturated rings. The van der Waals surface area contributed by atoms with Crippen molar-refractivity contribution in [3.05, 3.63) is 51.6 Å². The van der Waals surface area contributed by atoms with Gasteiger partial charge in [-0.3, -0.25) is 0 Å². The van der Waals surface area contributed by atoms with Crippen LogP contribution in [-0.2, 0) is 0 Å². The fourth-order valence-electron chi connectivity index (χ4n) is 1.56. The number of likely N-dealkylation sites (N-methyl/N-ethyl adjacent to an activating group) is 1. The second kappa shape index (κ2) is 7.56. The van der Waals surface area contributed by atoms with Crippen LogP contribution in [0.2, 0.25) is 0 Å². The summed E-state index contributed by atoms with van der Waals surface area (Å²) in [6, 6.07) is 0. The van der Waals surface area contributed by atoms with Crippen LogP contribution in [-0.4, -0.2) is 26.3 Å². The summed E-state index contributed by atoms with van der Waals surface area (Å²) in [6.45, 7) is 7.75. The summed E-state index contributed by atoms with van der Waals surface area (Å²) in [4.78, 5) is 17.7. The van der Waals surface area contributed by atoms with E-state index in [1.54, 1.807) is 6.08 Å². The molecular weight excluding hydrogens is 264 g/mol. The first kappa shape index (κ1) is 15.2. The Kier molecular flexibility index (Phi) is 6.05. The molecule has 0 atom stereocenters. The van der Waals surface area contributed by atoms with Crippen LogP contribution < -0.4 is 5.32 Å². The van der Waals surface area contributed by atoms with Gasteiger partial charge in [-0.05, 0) is 26.3 Å². The predicted molar refractivity (Wildman–Crippen MR) is 80.6 cm³/mol. The number of guanidine groups is 1. The van der Waals surface area contributed by atoms with Crippen molar-refractivity contribution in [2.45, 2.75) is 6.42 Å². The second-order valence-corrected chi connectivity index (χ2v) is 4.21. The molecule has 1 aliphatic rings. The largest absolute Gasteiger partial charge is 0.316 e. The summed E-state index contributed by atoms with van der Waals surface area (Å²) in [7, 11) is 1.88. The Morgan fingerprint density at radius 1 is 1.53 bits per heavy atom. The molecule has 0 aromatic rings. The lowest BCUT2D eigenvalue weighted by molar-refractivity contribution is 0.861. The maximum atomic E-state index is 10.4. The van der Waals surface area contributed by atoms with Gasteiger partial charge in [0.15, 0.2) is 0 Å². The number of nitroso groups, excluding NO2 is 1. The molecule has 0 saturated heterocycles. The van der Waals surface area contributed by atoms with Crippen LogP contribution in [0.1, 0.15) is 6.42 Å². The first-order chi connectivity index (χ1) is 9.12. The van der Waals surface area contributed by atoms with Gasteiger partial charge >= 0.3 is 0 Å². The van der Waals surface area contributed by atoms with Gasteiger partial charge in [0.1, 0.15) is 0 Å². The standard InChI is InChI=1S/C13H15ClN4O/c1-9(17-13(16-3)18-19)11-6-4-10(8-15-2)5-7-12(11)14/h5-7,15H,1,3-4,8H2,2H3/b17-13+. The highest BCUT2D eigenvalue weighted by Gasteiger charge is 2.10. The van der Waals surface area contributed by atoms with Gasteiger partial charge in [0.25, 0.3) is 5.96 Å². The van der Waals surface area contributed by atoms with Crippen molar-refractivity contribution >= 4 is 24.3 Å². The molecule has 1 aliphatic carbocycles. The highest BCUT2D eigenvalue weighted by atomic mass is 35.5. The molecule has 0 bridgehead atoms. The average Bonchev–Trinajstić information content (AvgIpc) is 2.59. The van der Waals surface area contributed by atoms with E-state index in [4.69, 9.17) is 11.6 Å². The topological polar surface area (TPSA) is 66.2 Å². The minimum Gasteiger partial charge on any atom is -0.316 e. The van der Waals surface area contributed by atoms with E-state index in [1.165, 1.54) is 5.57 Å². The van der Waals surface area contributed by atoms with E-state index in [0.717, 1.165) is 13.0 Å².